The first-order valence-electron chi connectivity index (χ1n) is 10.6. The molecule has 0 aliphatic carbocycles. The third kappa shape index (κ3) is 4.75. The number of aromatic amines is 1. The van der Waals surface area contributed by atoms with Crippen molar-refractivity contribution in [1.82, 2.24) is 19.1 Å². The number of rotatable bonds is 6. The number of nitrogens with zero attached hydrogens (tertiary/aromatic N) is 3. The summed E-state index contributed by atoms with van der Waals surface area (Å²) in [5.41, 5.74) is 2.41. The number of piperazine rings is 1. The molecule has 33 heavy (non-hydrogen) atoms. The highest BCUT2D eigenvalue weighted by molar-refractivity contribution is 7.89. The molecule has 1 amide bonds. The zero-order valence-corrected chi connectivity index (χ0v) is 20.1. The highest BCUT2D eigenvalue weighted by atomic mass is 35.5. The predicted octanol–water partition coefficient (Wildman–Crippen LogP) is 3.13. The number of fused-ring (bicyclic) bond motifs is 1. The van der Waals surface area contributed by atoms with Crippen LogP contribution >= 0.6 is 11.6 Å². The van der Waals surface area contributed by atoms with Gasteiger partial charge in [0.25, 0.3) is 10.0 Å². The third-order valence-corrected chi connectivity index (χ3v) is 7.92. The lowest BCUT2D eigenvalue weighted by molar-refractivity contribution is -0.134. The number of halogens is 1. The van der Waals surface area contributed by atoms with Crippen LogP contribution in [0.5, 0.6) is 0 Å². The van der Waals surface area contributed by atoms with Crippen LogP contribution in [-0.4, -0.2) is 72.5 Å². The topological polar surface area (TPSA) is 101 Å². The molecule has 1 fully saturated rings. The summed E-state index contributed by atoms with van der Waals surface area (Å²) in [5.74, 6) is 0.199. The number of carbonyl (C=O) groups is 1. The average molecular weight is 488 g/mol. The van der Waals surface area contributed by atoms with Gasteiger partial charge in [-0.1, -0.05) is 35.9 Å². The minimum absolute atomic E-state index is 0.0519. The summed E-state index contributed by atoms with van der Waals surface area (Å²) in [7, 11) is -1.96. The van der Waals surface area contributed by atoms with Gasteiger partial charge in [-0.3, -0.25) is 10.2 Å². The lowest BCUT2D eigenvalue weighted by atomic mass is 10.1. The molecule has 1 aromatic heterocycles. The quantitative estimate of drug-likeness (QED) is 0.412. The minimum Gasteiger partial charge on any atom is -0.360 e. The number of amidine groups is 1. The Bertz CT molecular complexity index is 1300. The summed E-state index contributed by atoms with van der Waals surface area (Å²) in [6.45, 7) is 3.45. The molecule has 0 unspecified atom stereocenters. The van der Waals surface area contributed by atoms with Gasteiger partial charge in [-0.05, 0) is 36.8 Å². The molecule has 0 radical (unpaired) electrons. The normalized spacial score (nSPS) is 15.2. The Labute approximate surface area is 198 Å². The number of amides is 1. The zero-order valence-electron chi connectivity index (χ0n) is 18.5. The number of carbonyl (C=O) groups excluding carboxylic acids is 1. The Morgan fingerprint density at radius 1 is 1.15 bits per heavy atom. The van der Waals surface area contributed by atoms with Crippen LogP contribution in [0.3, 0.4) is 0 Å². The van der Waals surface area contributed by atoms with Gasteiger partial charge in [0, 0.05) is 54.7 Å². The van der Waals surface area contributed by atoms with E-state index < -0.39 is 10.0 Å². The van der Waals surface area contributed by atoms with Crippen molar-refractivity contribution in [3.63, 3.8) is 0 Å². The van der Waals surface area contributed by atoms with Gasteiger partial charge in [0.2, 0.25) is 5.91 Å². The van der Waals surface area contributed by atoms with Crippen LogP contribution in [0.1, 0.15) is 18.1 Å². The molecule has 0 atom stereocenters. The SMILES string of the molecule is CCN(C)C(=N)c1ccc(CN2CCN(S(=O)(=O)c3cc4cc(Cl)ccc4[nH]3)CC2=O)cc1. The Balaban J connectivity index is 1.43. The van der Waals surface area contributed by atoms with Gasteiger partial charge in [-0.25, -0.2) is 8.42 Å². The van der Waals surface area contributed by atoms with Crippen LogP contribution in [0.2, 0.25) is 5.02 Å². The number of hydrogen-bond acceptors (Lipinski definition) is 4. The second-order valence-corrected chi connectivity index (χ2v) is 10.4. The summed E-state index contributed by atoms with van der Waals surface area (Å²) in [6, 6.07) is 14.2. The standard InChI is InChI=1S/C23H26ClN5O3S/c1-3-27(2)23(25)17-6-4-16(5-7-17)14-28-10-11-29(15-22(28)30)33(31,32)21-13-18-12-19(24)8-9-20(18)26-21/h4-9,12-13,25-26H,3,10-11,14-15H2,1-2H3. The van der Waals surface area contributed by atoms with Gasteiger partial charge >= 0.3 is 0 Å². The molecular formula is C23H26ClN5O3S. The first kappa shape index (κ1) is 23.3. The molecule has 3 aromatic rings. The summed E-state index contributed by atoms with van der Waals surface area (Å²) >= 11 is 6.00. The molecule has 2 N–H and O–H groups in total. The van der Waals surface area contributed by atoms with E-state index in [2.05, 4.69) is 4.98 Å². The van der Waals surface area contributed by atoms with Crippen LogP contribution in [0.25, 0.3) is 10.9 Å². The maximum absolute atomic E-state index is 13.1. The largest absolute Gasteiger partial charge is 0.360 e. The van der Waals surface area contributed by atoms with Crippen molar-refractivity contribution in [1.29, 1.82) is 5.41 Å². The van der Waals surface area contributed by atoms with Gasteiger partial charge in [-0.15, -0.1) is 0 Å². The summed E-state index contributed by atoms with van der Waals surface area (Å²) in [6.07, 6.45) is 0. The van der Waals surface area contributed by atoms with E-state index in [0.717, 1.165) is 17.7 Å². The van der Waals surface area contributed by atoms with Gasteiger partial charge in [0.1, 0.15) is 10.9 Å². The second kappa shape index (κ2) is 9.17. The summed E-state index contributed by atoms with van der Waals surface area (Å²) in [5, 5.41) is 9.46. The molecule has 2 aromatic carbocycles. The number of benzene rings is 2. The van der Waals surface area contributed by atoms with Crippen LogP contribution in [-0.2, 0) is 21.4 Å². The summed E-state index contributed by atoms with van der Waals surface area (Å²) < 4.78 is 27.4. The van der Waals surface area contributed by atoms with E-state index in [1.165, 1.54) is 4.31 Å². The van der Waals surface area contributed by atoms with E-state index in [1.807, 2.05) is 43.1 Å². The Hall–Kier alpha value is -2.88. The first-order chi connectivity index (χ1) is 15.7. The highest BCUT2D eigenvalue weighted by Crippen LogP contribution is 2.25. The fraction of sp³-hybridized carbons (Fsp3) is 0.304. The molecule has 0 bridgehead atoms. The van der Waals surface area contributed by atoms with E-state index in [1.54, 1.807) is 29.2 Å². The minimum atomic E-state index is -3.83. The molecule has 0 spiro atoms. The van der Waals surface area contributed by atoms with Gasteiger partial charge in [0.15, 0.2) is 0 Å². The number of H-pyrrole nitrogens is 1. The molecule has 1 aliphatic heterocycles. The predicted molar refractivity (Wildman–Crippen MR) is 129 cm³/mol. The smallest absolute Gasteiger partial charge is 0.259 e. The highest BCUT2D eigenvalue weighted by Gasteiger charge is 2.33. The van der Waals surface area contributed by atoms with Crippen molar-refractivity contribution in [2.45, 2.75) is 18.5 Å². The Morgan fingerprint density at radius 2 is 1.88 bits per heavy atom. The number of nitrogens with one attached hydrogen (secondary N) is 2. The molecule has 4 rings (SSSR count). The molecule has 10 heteroatoms. The monoisotopic (exact) mass is 487 g/mol. The number of sulfonamides is 1. The lowest BCUT2D eigenvalue weighted by Gasteiger charge is -2.33. The Kier molecular flexibility index (Phi) is 6.47. The molecule has 174 valence electrons. The molecule has 8 nitrogen and oxygen atoms in total. The van der Waals surface area contributed by atoms with E-state index in [9.17, 15) is 13.2 Å². The average Bonchev–Trinajstić information content (AvgIpc) is 3.24. The van der Waals surface area contributed by atoms with E-state index in [0.29, 0.717) is 34.9 Å². The zero-order chi connectivity index (χ0) is 23.8. The fourth-order valence-corrected chi connectivity index (χ4v) is 5.36. The van der Waals surface area contributed by atoms with Gasteiger partial charge in [-0.2, -0.15) is 4.31 Å². The van der Waals surface area contributed by atoms with Crippen molar-refractivity contribution >= 4 is 44.3 Å². The maximum Gasteiger partial charge on any atom is 0.259 e. The first-order valence-corrected chi connectivity index (χ1v) is 12.5. The van der Waals surface area contributed by atoms with E-state index in [-0.39, 0.29) is 24.0 Å². The van der Waals surface area contributed by atoms with Crippen molar-refractivity contribution in [3.8, 4) is 0 Å². The van der Waals surface area contributed by atoms with E-state index >= 15 is 0 Å². The number of aromatic nitrogens is 1. The summed E-state index contributed by atoms with van der Waals surface area (Å²) in [4.78, 5) is 19.2. The van der Waals surface area contributed by atoms with Crippen LogP contribution in [0.15, 0.2) is 53.6 Å². The lowest BCUT2D eigenvalue weighted by Crippen LogP contribution is -2.51. The number of hydrogen-bond donors (Lipinski definition) is 2. The second-order valence-electron chi connectivity index (χ2n) is 8.08. The van der Waals surface area contributed by atoms with Crippen LogP contribution in [0, 0.1) is 5.41 Å². The molecule has 0 saturated carbocycles. The van der Waals surface area contributed by atoms with Crippen molar-refractivity contribution in [2.24, 2.45) is 0 Å². The van der Waals surface area contributed by atoms with Crippen molar-refractivity contribution < 1.29 is 13.2 Å². The van der Waals surface area contributed by atoms with Crippen molar-refractivity contribution in [3.05, 3.63) is 64.7 Å². The van der Waals surface area contributed by atoms with Gasteiger partial charge < -0.3 is 14.8 Å². The maximum atomic E-state index is 13.1. The van der Waals surface area contributed by atoms with Gasteiger partial charge in [0.05, 0.1) is 6.54 Å². The fourth-order valence-electron chi connectivity index (χ4n) is 3.78. The molecule has 2 heterocycles. The molecule has 1 aliphatic rings. The molecule has 1 saturated heterocycles. The van der Waals surface area contributed by atoms with Crippen LogP contribution < -0.4 is 0 Å². The molecular weight excluding hydrogens is 462 g/mol. The Morgan fingerprint density at radius 3 is 2.55 bits per heavy atom. The van der Waals surface area contributed by atoms with Crippen LogP contribution in [0.4, 0.5) is 0 Å². The van der Waals surface area contributed by atoms with Crippen molar-refractivity contribution in [2.75, 3.05) is 33.2 Å². The van der Waals surface area contributed by atoms with E-state index in [4.69, 9.17) is 17.0 Å². The third-order valence-electron chi connectivity index (χ3n) is 5.92.